The molecule has 3 fully saturated rings. The lowest BCUT2D eigenvalue weighted by atomic mass is 9.64. The van der Waals surface area contributed by atoms with Crippen molar-refractivity contribution in [3.63, 3.8) is 0 Å². The van der Waals surface area contributed by atoms with Crippen LogP contribution in [0, 0.1) is 23.2 Å². The number of furan rings is 2. The molecule has 11 nitrogen and oxygen atoms in total. The standard InChI is InChI=1S/C32H39N3O8/c1-20(2)25-17-26-32(31(39)40-3,28(43-25)21-8-9-21)18-22(29(37)35(26)19-23-6-4-14-41-23)16-27(36)33-10-12-34(13-11-33)30(38)24-7-5-15-42-24/h4-7,14-15,17,20-22,25,28H,8-13,16,18-19H2,1-3H3/t22-,25+,28+,32+/m0/s1. The minimum Gasteiger partial charge on any atom is -0.468 e. The van der Waals surface area contributed by atoms with Gasteiger partial charge < -0.3 is 33.0 Å². The molecule has 0 spiro atoms. The van der Waals surface area contributed by atoms with Gasteiger partial charge in [-0.15, -0.1) is 0 Å². The average molecular weight is 594 g/mol. The molecule has 4 atom stereocenters. The Morgan fingerprint density at radius 3 is 2.33 bits per heavy atom. The second-order valence-corrected chi connectivity index (χ2v) is 12.4. The van der Waals surface area contributed by atoms with Crippen molar-refractivity contribution in [2.75, 3.05) is 33.3 Å². The van der Waals surface area contributed by atoms with Crippen molar-refractivity contribution in [2.45, 2.75) is 58.3 Å². The molecule has 6 rings (SSSR count). The molecule has 0 aromatic carbocycles. The largest absolute Gasteiger partial charge is 0.468 e. The lowest BCUT2D eigenvalue weighted by molar-refractivity contribution is -0.182. The van der Waals surface area contributed by atoms with Crippen molar-refractivity contribution < 1.29 is 37.5 Å². The number of amides is 3. The van der Waals surface area contributed by atoms with E-state index in [4.69, 9.17) is 18.3 Å². The van der Waals surface area contributed by atoms with Crippen molar-refractivity contribution in [1.29, 1.82) is 0 Å². The number of carbonyl (C=O) groups excluding carboxylic acids is 4. The molecule has 0 unspecified atom stereocenters. The SMILES string of the molecule is COC(=O)[C@]12C[C@H](CC(=O)N3CCN(C(=O)c4ccco4)CC3)C(=O)N(Cc3ccco3)C1=C[C@H](C(C)C)O[C@@H]2C1CC1. The summed E-state index contributed by atoms with van der Waals surface area (Å²) in [5, 5.41) is 0. The van der Waals surface area contributed by atoms with Crippen molar-refractivity contribution in [2.24, 2.45) is 23.2 Å². The first kappa shape index (κ1) is 29.2. The minimum atomic E-state index is -1.22. The monoisotopic (exact) mass is 593 g/mol. The van der Waals surface area contributed by atoms with E-state index >= 15 is 0 Å². The zero-order chi connectivity index (χ0) is 30.3. The van der Waals surface area contributed by atoms with Gasteiger partial charge in [0.2, 0.25) is 11.8 Å². The van der Waals surface area contributed by atoms with Crippen LogP contribution in [-0.4, -0.2) is 83.9 Å². The topological polar surface area (TPSA) is 123 Å². The van der Waals surface area contributed by atoms with Crippen LogP contribution in [0.4, 0.5) is 0 Å². The van der Waals surface area contributed by atoms with E-state index in [0.29, 0.717) is 37.6 Å². The molecule has 230 valence electrons. The molecular weight excluding hydrogens is 554 g/mol. The van der Waals surface area contributed by atoms with Crippen LogP contribution in [0.5, 0.6) is 0 Å². The number of methoxy groups -OCH3 is 1. The van der Waals surface area contributed by atoms with E-state index in [0.717, 1.165) is 12.8 Å². The molecule has 43 heavy (non-hydrogen) atoms. The number of rotatable bonds is 8. The summed E-state index contributed by atoms with van der Waals surface area (Å²) in [5.41, 5.74) is -0.627. The molecule has 2 saturated heterocycles. The van der Waals surface area contributed by atoms with E-state index in [1.54, 1.807) is 45.2 Å². The fourth-order valence-electron chi connectivity index (χ4n) is 6.83. The van der Waals surface area contributed by atoms with Gasteiger partial charge >= 0.3 is 5.97 Å². The Bertz CT molecular complexity index is 1370. The Labute approximate surface area is 250 Å². The molecule has 4 aliphatic rings. The maximum Gasteiger partial charge on any atom is 0.320 e. The lowest BCUT2D eigenvalue weighted by Crippen LogP contribution is -2.61. The highest BCUT2D eigenvalue weighted by Gasteiger charge is 2.64. The van der Waals surface area contributed by atoms with Crippen LogP contribution in [0.2, 0.25) is 0 Å². The van der Waals surface area contributed by atoms with Crippen LogP contribution in [0.1, 0.15) is 55.8 Å². The number of carbonyl (C=O) groups is 4. The summed E-state index contributed by atoms with van der Waals surface area (Å²) in [6, 6.07) is 6.84. The normalized spacial score (nSPS) is 27.6. The van der Waals surface area contributed by atoms with Crippen LogP contribution in [0.15, 0.2) is 57.4 Å². The lowest BCUT2D eigenvalue weighted by Gasteiger charge is -2.53. The minimum absolute atomic E-state index is 0.0589. The van der Waals surface area contributed by atoms with E-state index in [2.05, 4.69) is 13.8 Å². The Morgan fingerprint density at radius 2 is 1.72 bits per heavy atom. The van der Waals surface area contributed by atoms with E-state index in [-0.39, 0.29) is 60.8 Å². The Kier molecular flexibility index (Phi) is 7.93. The smallest absolute Gasteiger partial charge is 0.320 e. The highest BCUT2D eigenvalue weighted by Crippen LogP contribution is 2.56. The maximum absolute atomic E-state index is 14.2. The number of piperazine rings is 1. The number of likely N-dealkylation sites (tertiary alicyclic amines) is 1. The fraction of sp³-hybridized carbons (Fsp3) is 0.562. The predicted molar refractivity (Wildman–Crippen MR) is 152 cm³/mol. The molecule has 3 aliphatic heterocycles. The summed E-state index contributed by atoms with van der Waals surface area (Å²) in [6.07, 6.45) is 6.11. The number of hydrogen-bond acceptors (Lipinski definition) is 8. The Morgan fingerprint density at radius 1 is 1.02 bits per heavy atom. The third-order valence-electron chi connectivity index (χ3n) is 9.27. The van der Waals surface area contributed by atoms with Crippen molar-refractivity contribution in [3.05, 3.63) is 60.1 Å². The number of nitrogens with zero attached hydrogens (tertiary/aromatic N) is 3. The third-order valence-corrected chi connectivity index (χ3v) is 9.27. The van der Waals surface area contributed by atoms with Gasteiger partial charge in [0.25, 0.3) is 5.91 Å². The maximum atomic E-state index is 14.2. The molecule has 1 saturated carbocycles. The highest BCUT2D eigenvalue weighted by molar-refractivity contribution is 5.93. The highest BCUT2D eigenvalue weighted by atomic mass is 16.5. The zero-order valence-electron chi connectivity index (χ0n) is 24.9. The molecule has 0 radical (unpaired) electrons. The van der Waals surface area contributed by atoms with Crippen LogP contribution in [0.3, 0.4) is 0 Å². The molecule has 3 amide bonds. The number of fused-ring (bicyclic) bond motifs is 1. The fourth-order valence-corrected chi connectivity index (χ4v) is 6.83. The third kappa shape index (κ3) is 5.39. The summed E-state index contributed by atoms with van der Waals surface area (Å²) in [5.74, 6) is -0.695. The van der Waals surface area contributed by atoms with E-state index in [1.807, 2.05) is 6.08 Å². The molecule has 0 N–H and O–H groups in total. The van der Waals surface area contributed by atoms with Crippen LogP contribution < -0.4 is 0 Å². The molecular formula is C32H39N3O8. The summed E-state index contributed by atoms with van der Waals surface area (Å²) >= 11 is 0. The van der Waals surface area contributed by atoms with Gasteiger partial charge in [0.05, 0.1) is 38.4 Å². The van der Waals surface area contributed by atoms with Crippen molar-refractivity contribution in [1.82, 2.24) is 14.7 Å². The van der Waals surface area contributed by atoms with E-state index in [9.17, 15) is 19.2 Å². The molecule has 1 aliphatic carbocycles. The summed E-state index contributed by atoms with van der Waals surface area (Å²) in [6.45, 7) is 5.67. The van der Waals surface area contributed by atoms with Crippen LogP contribution in [-0.2, 0) is 30.4 Å². The zero-order valence-corrected chi connectivity index (χ0v) is 24.9. The number of ether oxygens (including phenoxy) is 2. The Hall–Kier alpha value is -3.86. The van der Waals surface area contributed by atoms with E-state index in [1.165, 1.54) is 13.4 Å². The van der Waals surface area contributed by atoms with Crippen molar-refractivity contribution in [3.8, 4) is 0 Å². The van der Waals surface area contributed by atoms with Crippen molar-refractivity contribution >= 4 is 23.7 Å². The first-order valence-corrected chi connectivity index (χ1v) is 15.1. The molecule has 11 heteroatoms. The van der Waals surface area contributed by atoms with Gasteiger partial charge in [-0.1, -0.05) is 13.8 Å². The second-order valence-electron chi connectivity index (χ2n) is 12.4. The first-order chi connectivity index (χ1) is 20.7. The first-order valence-electron chi connectivity index (χ1n) is 15.1. The van der Waals surface area contributed by atoms with Gasteiger partial charge in [0.1, 0.15) is 11.2 Å². The van der Waals surface area contributed by atoms with Gasteiger partial charge in [0.15, 0.2) is 5.76 Å². The van der Waals surface area contributed by atoms with Gasteiger partial charge in [-0.2, -0.15) is 0 Å². The molecule has 2 aromatic rings. The van der Waals surface area contributed by atoms with Gasteiger partial charge in [-0.05, 0) is 61.4 Å². The van der Waals surface area contributed by atoms with Crippen LogP contribution >= 0.6 is 0 Å². The van der Waals surface area contributed by atoms with Gasteiger partial charge in [-0.25, -0.2) is 0 Å². The predicted octanol–water partition coefficient (Wildman–Crippen LogP) is 3.47. The molecule has 2 aromatic heterocycles. The second kappa shape index (κ2) is 11.7. The molecule has 0 bridgehead atoms. The van der Waals surface area contributed by atoms with Gasteiger partial charge in [-0.3, -0.25) is 19.2 Å². The summed E-state index contributed by atoms with van der Waals surface area (Å²) in [7, 11) is 1.37. The number of esters is 1. The van der Waals surface area contributed by atoms with Crippen LogP contribution in [0.25, 0.3) is 0 Å². The quantitative estimate of drug-likeness (QED) is 0.427. The Balaban J connectivity index is 1.28. The van der Waals surface area contributed by atoms with E-state index < -0.39 is 23.4 Å². The van der Waals surface area contributed by atoms with Gasteiger partial charge in [0, 0.05) is 44.2 Å². The summed E-state index contributed by atoms with van der Waals surface area (Å²) < 4.78 is 23.0. The average Bonchev–Trinajstić information content (AvgIpc) is 3.45. The number of hydrogen-bond donors (Lipinski definition) is 0. The molecule has 5 heterocycles. The summed E-state index contributed by atoms with van der Waals surface area (Å²) in [4.78, 5) is 59.5. The number of piperidine rings is 1.